The first kappa shape index (κ1) is 17.4. The van der Waals surface area contributed by atoms with Crippen molar-refractivity contribution in [3.05, 3.63) is 29.8 Å². The standard InChI is InChI=1S/C15H21N3O4S/c1-16-15(20)11-4-3-5-13(10-11)23(21,22)17-12-6-7-14(19)18(2)9-8-12/h3-5,10,12,17H,6-9H2,1-2H3,(H,16,20). The van der Waals surface area contributed by atoms with Crippen LogP contribution >= 0.6 is 0 Å². The van der Waals surface area contributed by atoms with Gasteiger partial charge in [-0.15, -0.1) is 0 Å². The summed E-state index contributed by atoms with van der Waals surface area (Å²) in [6, 6.07) is 5.58. The van der Waals surface area contributed by atoms with Crippen LogP contribution in [-0.4, -0.2) is 51.8 Å². The lowest BCUT2D eigenvalue weighted by Gasteiger charge is -2.17. The molecule has 1 aromatic carbocycles. The Bertz CT molecular complexity index is 702. The van der Waals surface area contributed by atoms with Crippen LogP contribution in [0.5, 0.6) is 0 Å². The molecule has 1 aliphatic heterocycles. The topological polar surface area (TPSA) is 95.6 Å². The van der Waals surface area contributed by atoms with Crippen LogP contribution < -0.4 is 10.0 Å². The summed E-state index contributed by atoms with van der Waals surface area (Å²) in [5.41, 5.74) is 0.283. The van der Waals surface area contributed by atoms with E-state index in [0.717, 1.165) is 0 Å². The minimum atomic E-state index is -3.74. The van der Waals surface area contributed by atoms with Gasteiger partial charge in [0.05, 0.1) is 4.90 Å². The molecule has 1 saturated heterocycles. The molecule has 23 heavy (non-hydrogen) atoms. The largest absolute Gasteiger partial charge is 0.355 e. The van der Waals surface area contributed by atoms with E-state index in [2.05, 4.69) is 10.0 Å². The molecule has 1 aliphatic rings. The highest BCUT2D eigenvalue weighted by Gasteiger charge is 2.25. The van der Waals surface area contributed by atoms with Gasteiger partial charge < -0.3 is 10.2 Å². The molecule has 0 bridgehead atoms. The Morgan fingerprint density at radius 1 is 1.30 bits per heavy atom. The Hall–Kier alpha value is -1.93. The molecule has 1 atom stereocenters. The smallest absolute Gasteiger partial charge is 0.251 e. The molecule has 0 saturated carbocycles. The molecule has 0 radical (unpaired) electrons. The van der Waals surface area contributed by atoms with Crippen molar-refractivity contribution >= 4 is 21.8 Å². The maximum Gasteiger partial charge on any atom is 0.251 e. The molecule has 0 spiro atoms. The lowest BCUT2D eigenvalue weighted by molar-refractivity contribution is -0.129. The minimum absolute atomic E-state index is 0.0216. The molecular formula is C15H21N3O4S. The maximum atomic E-state index is 12.5. The van der Waals surface area contributed by atoms with Crippen LogP contribution in [0.25, 0.3) is 0 Å². The Kier molecular flexibility index (Phi) is 5.38. The normalized spacial score (nSPS) is 19.3. The summed E-state index contributed by atoms with van der Waals surface area (Å²) in [5.74, 6) is -0.322. The Balaban J connectivity index is 2.16. The van der Waals surface area contributed by atoms with Crippen molar-refractivity contribution in [3.8, 4) is 0 Å². The minimum Gasteiger partial charge on any atom is -0.355 e. The van der Waals surface area contributed by atoms with Gasteiger partial charge in [0.25, 0.3) is 5.91 Å². The van der Waals surface area contributed by atoms with E-state index < -0.39 is 10.0 Å². The zero-order valence-corrected chi connectivity index (χ0v) is 14.0. The van der Waals surface area contributed by atoms with Gasteiger partial charge in [0.1, 0.15) is 0 Å². The van der Waals surface area contributed by atoms with E-state index in [9.17, 15) is 18.0 Å². The van der Waals surface area contributed by atoms with E-state index in [1.807, 2.05) is 0 Å². The van der Waals surface area contributed by atoms with Crippen molar-refractivity contribution in [1.82, 2.24) is 14.9 Å². The van der Waals surface area contributed by atoms with Crippen LogP contribution in [0.4, 0.5) is 0 Å². The summed E-state index contributed by atoms with van der Waals surface area (Å²) in [7, 11) is -0.534. The molecular weight excluding hydrogens is 318 g/mol. The van der Waals surface area contributed by atoms with Gasteiger partial charge in [0.15, 0.2) is 0 Å². The summed E-state index contributed by atoms with van der Waals surface area (Å²) in [6.07, 6.45) is 1.36. The average Bonchev–Trinajstić information content (AvgIpc) is 2.69. The molecule has 0 aliphatic carbocycles. The first-order valence-corrected chi connectivity index (χ1v) is 8.90. The summed E-state index contributed by atoms with van der Waals surface area (Å²) < 4.78 is 27.6. The van der Waals surface area contributed by atoms with E-state index in [1.54, 1.807) is 18.0 Å². The van der Waals surface area contributed by atoms with E-state index in [-0.39, 0.29) is 28.3 Å². The first-order valence-electron chi connectivity index (χ1n) is 7.42. The lowest BCUT2D eigenvalue weighted by Crippen LogP contribution is -2.35. The monoisotopic (exact) mass is 339 g/mol. The summed E-state index contributed by atoms with van der Waals surface area (Å²) in [4.78, 5) is 24.9. The molecule has 1 aromatic rings. The number of hydrogen-bond acceptors (Lipinski definition) is 4. The molecule has 8 heteroatoms. The zero-order chi connectivity index (χ0) is 17.0. The number of sulfonamides is 1. The second-order valence-electron chi connectivity index (χ2n) is 5.57. The fraction of sp³-hybridized carbons (Fsp3) is 0.467. The fourth-order valence-corrected chi connectivity index (χ4v) is 3.81. The molecule has 2 N–H and O–H groups in total. The molecule has 1 fully saturated rings. The van der Waals surface area contributed by atoms with Gasteiger partial charge in [-0.25, -0.2) is 13.1 Å². The second kappa shape index (κ2) is 7.10. The average molecular weight is 339 g/mol. The van der Waals surface area contributed by atoms with Crippen LogP contribution in [0.3, 0.4) is 0 Å². The van der Waals surface area contributed by atoms with Gasteiger partial charge in [-0.1, -0.05) is 6.07 Å². The number of hydrogen-bond donors (Lipinski definition) is 2. The van der Waals surface area contributed by atoms with Crippen LogP contribution in [0, 0.1) is 0 Å². The third-order valence-electron chi connectivity index (χ3n) is 3.90. The Morgan fingerprint density at radius 2 is 2.04 bits per heavy atom. The van der Waals surface area contributed by atoms with Crippen LogP contribution in [0.2, 0.25) is 0 Å². The zero-order valence-electron chi connectivity index (χ0n) is 13.2. The van der Waals surface area contributed by atoms with Gasteiger partial charge in [-0.2, -0.15) is 0 Å². The van der Waals surface area contributed by atoms with E-state index in [1.165, 1.54) is 25.2 Å². The summed E-state index contributed by atoms with van der Waals surface area (Å²) in [6.45, 7) is 0.518. The van der Waals surface area contributed by atoms with Crippen molar-refractivity contribution in [2.24, 2.45) is 0 Å². The quantitative estimate of drug-likeness (QED) is 0.827. The highest BCUT2D eigenvalue weighted by atomic mass is 32.2. The maximum absolute atomic E-state index is 12.5. The number of nitrogens with one attached hydrogen (secondary N) is 2. The van der Waals surface area contributed by atoms with Crippen molar-refractivity contribution in [2.45, 2.75) is 30.2 Å². The Labute approximate surface area is 136 Å². The predicted molar refractivity (Wildman–Crippen MR) is 85.4 cm³/mol. The van der Waals surface area contributed by atoms with E-state index >= 15 is 0 Å². The number of likely N-dealkylation sites (tertiary alicyclic amines) is 1. The molecule has 7 nitrogen and oxygen atoms in total. The van der Waals surface area contributed by atoms with Crippen LogP contribution in [0.1, 0.15) is 29.6 Å². The van der Waals surface area contributed by atoms with Crippen LogP contribution in [-0.2, 0) is 14.8 Å². The second-order valence-corrected chi connectivity index (χ2v) is 7.28. The van der Waals surface area contributed by atoms with Gasteiger partial charge in [-0.05, 0) is 31.0 Å². The van der Waals surface area contributed by atoms with Crippen molar-refractivity contribution in [3.63, 3.8) is 0 Å². The van der Waals surface area contributed by atoms with Gasteiger partial charge >= 0.3 is 0 Å². The van der Waals surface area contributed by atoms with E-state index in [4.69, 9.17) is 0 Å². The van der Waals surface area contributed by atoms with Crippen molar-refractivity contribution < 1.29 is 18.0 Å². The van der Waals surface area contributed by atoms with E-state index in [0.29, 0.717) is 25.8 Å². The number of amides is 2. The Morgan fingerprint density at radius 3 is 2.74 bits per heavy atom. The number of carbonyl (C=O) groups is 2. The first-order chi connectivity index (χ1) is 10.8. The third kappa shape index (κ3) is 4.29. The number of carbonyl (C=O) groups excluding carboxylic acids is 2. The lowest BCUT2D eigenvalue weighted by atomic mass is 10.1. The fourth-order valence-electron chi connectivity index (χ4n) is 2.46. The van der Waals surface area contributed by atoms with Crippen molar-refractivity contribution in [2.75, 3.05) is 20.6 Å². The molecule has 2 rings (SSSR count). The SMILES string of the molecule is CNC(=O)c1cccc(S(=O)(=O)NC2CCC(=O)N(C)CC2)c1. The number of nitrogens with zero attached hydrogens (tertiary/aromatic N) is 1. The predicted octanol–water partition coefficient (Wildman–Crippen LogP) is 0.335. The summed E-state index contributed by atoms with van der Waals surface area (Å²) in [5, 5.41) is 2.46. The third-order valence-corrected chi connectivity index (χ3v) is 5.42. The van der Waals surface area contributed by atoms with Crippen LogP contribution in [0.15, 0.2) is 29.2 Å². The highest BCUT2D eigenvalue weighted by molar-refractivity contribution is 7.89. The number of rotatable bonds is 4. The highest BCUT2D eigenvalue weighted by Crippen LogP contribution is 2.16. The van der Waals surface area contributed by atoms with Crippen molar-refractivity contribution in [1.29, 1.82) is 0 Å². The molecule has 2 amide bonds. The van der Waals surface area contributed by atoms with Gasteiger partial charge in [-0.3, -0.25) is 9.59 Å². The molecule has 1 unspecified atom stereocenters. The number of benzene rings is 1. The molecule has 0 aromatic heterocycles. The van der Waals surface area contributed by atoms with Gasteiger partial charge in [0, 0.05) is 38.7 Å². The molecule has 126 valence electrons. The molecule has 1 heterocycles. The summed E-state index contributed by atoms with van der Waals surface area (Å²) >= 11 is 0. The van der Waals surface area contributed by atoms with Gasteiger partial charge in [0.2, 0.25) is 15.9 Å².